The Kier molecular flexibility index (Phi) is 2.70. The number of thiophene rings is 1. The normalized spacial score (nSPS) is 13.9. The van der Waals surface area contributed by atoms with E-state index < -0.39 is 0 Å². The van der Waals surface area contributed by atoms with Crippen LogP contribution in [-0.4, -0.2) is 19.9 Å². The summed E-state index contributed by atoms with van der Waals surface area (Å²) in [6, 6.07) is 1.82. The Labute approximate surface area is 118 Å². The van der Waals surface area contributed by atoms with E-state index >= 15 is 0 Å². The zero-order chi connectivity index (χ0) is 12.7. The van der Waals surface area contributed by atoms with Crippen LogP contribution in [0.15, 0.2) is 35.0 Å². The highest BCUT2D eigenvalue weighted by Crippen LogP contribution is 2.40. The largest absolute Gasteiger partial charge is 0.231 e. The van der Waals surface area contributed by atoms with Crippen LogP contribution in [0.3, 0.4) is 0 Å². The van der Waals surface area contributed by atoms with Crippen molar-refractivity contribution in [1.29, 1.82) is 0 Å². The second kappa shape index (κ2) is 4.54. The molecule has 19 heavy (non-hydrogen) atoms. The lowest BCUT2D eigenvalue weighted by atomic mass is 10.2. The van der Waals surface area contributed by atoms with Crippen LogP contribution >= 0.6 is 23.1 Å². The predicted octanol–water partition coefficient (Wildman–Crippen LogP) is 3.12. The zero-order valence-electron chi connectivity index (χ0n) is 10.0. The average molecular weight is 286 g/mol. The van der Waals surface area contributed by atoms with Gasteiger partial charge < -0.3 is 0 Å². The van der Waals surface area contributed by atoms with E-state index in [4.69, 9.17) is 0 Å². The van der Waals surface area contributed by atoms with Crippen molar-refractivity contribution >= 4 is 33.3 Å². The number of hydrogen-bond acceptors (Lipinski definition) is 6. The van der Waals surface area contributed by atoms with Gasteiger partial charge in [-0.15, -0.1) is 11.3 Å². The van der Waals surface area contributed by atoms with Crippen LogP contribution in [0.5, 0.6) is 0 Å². The molecular formula is C13H10N4S2. The van der Waals surface area contributed by atoms with Gasteiger partial charge in [0.2, 0.25) is 0 Å². The fourth-order valence-corrected chi connectivity index (χ4v) is 4.52. The van der Waals surface area contributed by atoms with Crippen molar-refractivity contribution in [2.75, 3.05) is 0 Å². The van der Waals surface area contributed by atoms with Gasteiger partial charge in [0.15, 0.2) is 5.16 Å². The van der Waals surface area contributed by atoms with Gasteiger partial charge in [-0.3, -0.25) is 0 Å². The SMILES string of the molecule is c1cnc(Sc2ncnc3sc4c(c23)CCC4)nc1. The molecule has 0 aliphatic heterocycles. The van der Waals surface area contributed by atoms with Crippen molar-refractivity contribution in [1.82, 2.24) is 19.9 Å². The monoisotopic (exact) mass is 286 g/mol. The van der Waals surface area contributed by atoms with Crippen molar-refractivity contribution in [3.8, 4) is 0 Å². The summed E-state index contributed by atoms with van der Waals surface area (Å²) in [6.07, 6.45) is 8.73. The van der Waals surface area contributed by atoms with E-state index in [9.17, 15) is 0 Å². The van der Waals surface area contributed by atoms with E-state index in [1.807, 2.05) is 6.07 Å². The second-order valence-corrected chi connectivity index (χ2v) is 6.39. The molecule has 0 bridgehead atoms. The third kappa shape index (κ3) is 1.91. The molecule has 3 heterocycles. The molecule has 0 unspecified atom stereocenters. The summed E-state index contributed by atoms with van der Waals surface area (Å²) >= 11 is 3.33. The Morgan fingerprint density at radius 1 is 1.05 bits per heavy atom. The minimum absolute atomic E-state index is 0.737. The molecule has 0 spiro atoms. The third-order valence-electron chi connectivity index (χ3n) is 3.20. The zero-order valence-corrected chi connectivity index (χ0v) is 11.7. The minimum atomic E-state index is 0.737. The van der Waals surface area contributed by atoms with Gasteiger partial charge in [0.25, 0.3) is 0 Å². The lowest BCUT2D eigenvalue weighted by molar-refractivity contribution is 0.915. The van der Waals surface area contributed by atoms with Crippen LogP contribution in [0.2, 0.25) is 0 Å². The van der Waals surface area contributed by atoms with Crippen molar-refractivity contribution in [2.24, 2.45) is 0 Å². The molecule has 0 aromatic carbocycles. The van der Waals surface area contributed by atoms with Crippen LogP contribution in [0.4, 0.5) is 0 Å². The summed E-state index contributed by atoms with van der Waals surface area (Å²) in [5.41, 5.74) is 1.44. The van der Waals surface area contributed by atoms with E-state index in [1.54, 1.807) is 30.1 Å². The van der Waals surface area contributed by atoms with Gasteiger partial charge in [0, 0.05) is 22.7 Å². The first kappa shape index (κ1) is 11.3. The highest BCUT2D eigenvalue weighted by atomic mass is 32.2. The molecule has 0 saturated carbocycles. The maximum absolute atomic E-state index is 4.43. The molecule has 0 radical (unpaired) electrons. The fourth-order valence-electron chi connectivity index (χ4n) is 2.40. The molecule has 4 nitrogen and oxygen atoms in total. The summed E-state index contributed by atoms with van der Waals surface area (Å²) < 4.78 is 0. The minimum Gasteiger partial charge on any atom is -0.231 e. The number of hydrogen-bond donors (Lipinski definition) is 0. The molecule has 0 atom stereocenters. The average Bonchev–Trinajstić information content (AvgIpc) is 3.00. The van der Waals surface area contributed by atoms with Crippen LogP contribution < -0.4 is 0 Å². The van der Waals surface area contributed by atoms with Crippen molar-refractivity contribution in [3.63, 3.8) is 0 Å². The van der Waals surface area contributed by atoms with E-state index in [0.717, 1.165) is 21.4 Å². The Hall–Kier alpha value is -1.53. The predicted molar refractivity (Wildman–Crippen MR) is 75.6 cm³/mol. The summed E-state index contributed by atoms with van der Waals surface area (Å²) in [7, 11) is 0. The molecule has 6 heteroatoms. The molecule has 94 valence electrons. The Balaban J connectivity index is 1.86. The molecule has 4 rings (SSSR count). The fraction of sp³-hybridized carbons (Fsp3) is 0.231. The van der Waals surface area contributed by atoms with Crippen LogP contribution in [0.25, 0.3) is 10.2 Å². The molecule has 0 saturated heterocycles. The van der Waals surface area contributed by atoms with E-state index in [-0.39, 0.29) is 0 Å². The Morgan fingerprint density at radius 2 is 1.95 bits per heavy atom. The summed E-state index contributed by atoms with van der Waals surface area (Å²) in [4.78, 5) is 19.9. The lowest BCUT2D eigenvalue weighted by Gasteiger charge is -2.01. The van der Waals surface area contributed by atoms with Gasteiger partial charge in [-0.1, -0.05) is 0 Å². The summed E-state index contributed by atoms with van der Waals surface area (Å²) in [5.74, 6) is 0. The number of nitrogens with zero attached hydrogens (tertiary/aromatic N) is 4. The number of aromatic nitrogens is 4. The standard InChI is InChI=1S/C13H10N4S2/c1-3-8-9(4-1)18-11-10(8)12(17-7-16-11)19-13-14-5-2-6-15-13/h2,5-7H,1,3-4H2. The maximum Gasteiger partial charge on any atom is 0.193 e. The molecule has 1 aliphatic carbocycles. The smallest absolute Gasteiger partial charge is 0.193 e. The first-order chi connectivity index (χ1) is 9.42. The van der Waals surface area contributed by atoms with E-state index in [0.29, 0.717) is 0 Å². The molecule has 0 amide bonds. The Morgan fingerprint density at radius 3 is 2.84 bits per heavy atom. The van der Waals surface area contributed by atoms with Crippen LogP contribution in [0, 0.1) is 0 Å². The van der Waals surface area contributed by atoms with Crippen LogP contribution in [-0.2, 0) is 12.8 Å². The first-order valence-electron chi connectivity index (χ1n) is 6.12. The second-order valence-electron chi connectivity index (χ2n) is 4.35. The van der Waals surface area contributed by atoms with Crippen molar-refractivity contribution < 1.29 is 0 Å². The van der Waals surface area contributed by atoms with Gasteiger partial charge in [-0.2, -0.15) is 0 Å². The quantitative estimate of drug-likeness (QED) is 0.535. The molecule has 3 aromatic heterocycles. The lowest BCUT2D eigenvalue weighted by Crippen LogP contribution is -1.89. The Bertz CT molecular complexity index is 739. The first-order valence-corrected chi connectivity index (χ1v) is 7.75. The number of fused-ring (bicyclic) bond motifs is 3. The van der Waals surface area contributed by atoms with Crippen LogP contribution in [0.1, 0.15) is 16.9 Å². The molecule has 3 aromatic rings. The molecule has 0 fully saturated rings. The summed E-state index contributed by atoms with van der Waals surface area (Å²) in [6.45, 7) is 0. The number of aryl methyl sites for hydroxylation is 2. The van der Waals surface area contributed by atoms with Gasteiger partial charge in [-0.25, -0.2) is 19.9 Å². The molecular weight excluding hydrogens is 276 g/mol. The van der Waals surface area contributed by atoms with Gasteiger partial charge in [0.1, 0.15) is 16.2 Å². The molecule has 0 N–H and O–H groups in total. The van der Waals surface area contributed by atoms with Gasteiger partial charge in [-0.05, 0) is 42.7 Å². The highest BCUT2D eigenvalue weighted by Gasteiger charge is 2.21. The molecule has 1 aliphatic rings. The summed E-state index contributed by atoms with van der Waals surface area (Å²) in [5, 5.41) is 2.94. The van der Waals surface area contributed by atoms with Gasteiger partial charge in [0.05, 0.1) is 0 Å². The number of rotatable bonds is 2. The van der Waals surface area contributed by atoms with E-state index in [1.165, 1.54) is 40.4 Å². The maximum atomic E-state index is 4.43. The van der Waals surface area contributed by atoms with E-state index in [2.05, 4.69) is 19.9 Å². The van der Waals surface area contributed by atoms with Gasteiger partial charge >= 0.3 is 0 Å². The third-order valence-corrected chi connectivity index (χ3v) is 5.29. The topological polar surface area (TPSA) is 51.6 Å². The highest BCUT2D eigenvalue weighted by molar-refractivity contribution is 7.99. The van der Waals surface area contributed by atoms with Crippen molar-refractivity contribution in [2.45, 2.75) is 29.4 Å². The van der Waals surface area contributed by atoms with Crippen molar-refractivity contribution in [3.05, 3.63) is 35.2 Å².